The molecule has 1 aliphatic rings. The van der Waals surface area contributed by atoms with Crippen molar-refractivity contribution in [3.05, 3.63) is 63.4 Å². The molecule has 200 valence electrons. The molecule has 2 aromatic rings. The van der Waals surface area contributed by atoms with E-state index in [2.05, 4.69) is 10.3 Å². The molecule has 0 aliphatic carbocycles. The number of carbonyl (C=O) groups is 2. The van der Waals surface area contributed by atoms with Crippen LogP contribution in [0.2, 0.25) is 10.0 Å². The topological polar surface area (TPSA) is 129 Å². The summed E-state index contributed by atoms with van der Waals surface area (Å²) in [6, 6.07) is 8.57. The molecule has 0 radical (unpaired) electrons. The highest BCUT2D eigenvalue weighted by atomic mass is 35.5. The first-order valence-corrected chi connectivity index (χ1v) is 13.4. The standard InChI is InChI=1S/C23H25Cl2FN4O6S/c1-29(12-16-6-5-15(11-18(16)26)22-28-7-9-30(22)23(32)33)20(31)13-36-10-8-27-14-37(34,35)19-4-2-3-17(24)21(19)25/h2-6,11,27H,7-10,12-14H2,1H3,(H,32,33). The number of carbonyl (C=O) groups excluding carboxylic acids is 1. The lowest BCUT2D eigenvalue weighted by molar-refractivity contribution is -0.135. The molecule has 2 aromatic carbocycles. The summed E-state index contributed by atoms with van der Waals surface area (Å²) in [4.78, 5) is 30.0. The lowest BCUT2D eigenvalue weighted by atomic mass is 10.1. The summed E-state index contributed by atoms with van der Waals surface area (Å²) in [5.74, 6) is -1.20. The number of aliphatic imine (C=N–C) groups is 1. The zero-order valence-corrected chi connectivity index (χ0v) is 22.1. The molecular formula is C23H25Cl2FN4O6S. The Kier molecular flexibility index (Phi) is 9.85. The van der Waals surface area contributed by atoms with Gasteiger partial charge < -0.3 is 20.1 Å². The summed E-state index contributed by atoms with van der Waals surface area (Å²) in [5, 5.41) is 12.0. The Hall–Kier alpha value is -2.77. The number of benzene rings is 2. The number of nitrogens with zero attached hydrogens (tertiary/aromatic N) is 3. The molecule has 2 amide bonds. The van der Waals surface area contributed by atoms with Crippen LogP contribution in [-0.2, 0) is 25.9 Å². The number of amides is 2. The number of nitrogens with one attached hydrogen (secondary N) is 1. The molecule has 0 saturated carbocycles. The highest BCUT2D eigenvalue weighted by Crippen LogP contribution is 2.29. The highest BCUT2D eigenvalue weighted by Gasteiger charge is 2.25. The number of hydrogen-bond donors (Lipinski definition) is 2. The second-order valence-corrected chi connectivity index (χ2v) is 10.8. The quantitative estimate of drug-likeness (QED) is 0.395. The summed E-state index contributed by atoms with van der Waals surface area (Å²) in [5.41, 5.74) is 0.581. The van der Waals surface area contributed by atoms with E-state index in [0.717, 1.165) is 4.90 Å². The summed E-state index contributed by atoms with van der Waals surface area (Å²) < 4.78 is 44.8. The van der Waals surface area contributed by atoms with Crippen molar-refractivity contribution >= 4 is 50.9 Å². The summed E-state index contributed by atoms with van der Waals surface area (Å²) in [7, 11) is -2.23. The van der Waals surface area contributed by atoms with Crippen LogP contribution in [0.5, 0.6) is 0 Å². The normalized spacial score (nSPS) is 13.5. The first-order valence-electron chi connectivity index (χ1n) is 11.0. The molecule has 14 heteroatoms. The third kappa shape index (κ3) is 7.39. The minimum absolute atomic E-state index is 0.0275. The zero-order valence-electron chi connectivity index (χ0n) is 19.8. The first kappa shape index (κ1) is 28.8. The Morgan fingerprint density at radius 1 is 1.27 bits per heavy atom. The monoisotopic (exact) mass is 574 g/mol. The van der Waals surface area contributed by atoms with Crippen LogP contribution < -0.4 is 5.32 Å². The fraction of sp³-hybridized carbons (Fsp3) is 0.348. The van der Waals surface area contributed by atoms with E-state index < -0.39 is 33.5 Å². The molecule has 0 bridgehead atoms. The molecule has 2 N–H and O–H groups in total. The predicted molar refractivity (Wildman–Crippen MR) is 136 cm³/mol. The molecule has 0 fully saturated rings. The van der Waals surface area contributed by atoms with Crippen molar-refractivity contribution in [2.24, 2.45) is 4.99 Å². The maximum atomic E-state index is 14.6. The van der Waals surface area contributed by atoms with Gasteiger partial charge in [-0.25, -0.2) is 17.6 Å². The molecule has 0 atom stereocenters. The number of amidine groups is 1. The third-order valence-corrected chi connectivity index (χ3v) is 7.93. The van der Waals surface area contributed by atoms with Gasteiger partial charge in [0.1, 0.15) is 24.1 Å². The molecule has 1 aliphatic heterocycles. The largest absolute Gasteiger partial charge is 0.465 e. The van der Waals surface area contributed by atoms with Crippen LogP contribution in [0.15, 0.2) is 46.3 Å². The van der Waals surface area contributed by atoms with Crippen LogP contribution in [0.4, 0.5) is 9.18 Å². The minimum Gasteiger partial charge on any atom is -0.465 e. The molecule has 3 rings (SSSR count). The second kappa shape index (κ2) is 12.7. The van der Waals surface area contributed by atoms with Gasteiger partial charge in [0.2, 0.25) is 5.91 Å². The lowest BCUT2D eigenvalue weighted by Crippen LogP contribution is -2.33. The van der Waals surface area contributed by atoms with Crippen LogP contribution in [-0.4, -0.2) is 86.9 Å². The first-order chi connectivity index (χ1) is 17.5. The Morgan fingerprint density at radius 2 is 2.03 bits per heavy atom. The molecule has 10 nitrogen and oxygen atoms in total. The third-order valence-electron chi connectivity index (χ3n) is 5.41. The maximum absolute atomic E-state index is 14.6. The summed E-state index contributed by atoms with van der Waals surface area (Å²) >= 11 is 11.8. The van der Waals surface area contributed by atoms with Gasteiger partial charge in [-0.2, -0.15) is 0 Å². The average molecular weight is 575 g/mol. The van der Waals surface area contributed by atoms with Crippen molar-refractivity contribution in [3.8, 4) is 0 Å². The Balaban J connectivity index is 1.42. The molecule has 0 saturated heterocycles. The number of carboxylic acid groups (broad SMARTS) is 1. The number of sulfone groups is 1. The van der Waals surface area contributed by atoms with E-state index in [4.69, 9.17) is 27.9 Å². The van der Waals surface area contributed by atoms with E-state index in [1.165, 1.54) is 42.3 Å². The molecule has 0 unspecified atom stereocenters. The Bertz CT molecular complexity index is 1310. The van der Waals surface area contributed by atoms with Crippen LogP contribution in [0.25, 0.3) is 0 Å². The van der Waals surface area contributed by atoms with Gasteiger partial charge >= 0.3 is 6.09 Å². The summed E-state index contributed by atoms with van der Waals surface area (Å²) in [6.07, 6.45) is -1.16. The highest BCUT2D eigenvalue weighted by molar-refractivity contribution is 7.91. The van der Waals surface area contributed by atoms with E-state index >= 15 is 0 Å². The van der Waals surface area contributed by atoms with Gasteiger partial charge in [0.25, 0.3) is 0 Å². The number of hydrogen-bond acceptors (Lipinski definition) is 7. The molecular weight excluding hydrogens is 550 g/mol. The van der Waals surface area contributed by atoms with E-state index in [9.17, 15) is 27.5 Å². The van der Waals surface area contributed by atoms with Crippen LogP contribution in [0, 0.1) is 5.82 Å². The molecule has 1 heterocycles. The number of halogens is 3. The average Bonchev–Trinajstić information content (AvgIpc) is 3.34. The lowest BCUT2D eigenvalue weighted by Gasteiger charge is -2.19. The zero-order chi connectivity index (χ0) is 27.2. The molecule has 0 spiro atoms. The van der Waals surface area contributed by atoms with Crippen LogP contribution in [0.3, 0.4) is 0 Å². The van der Waals surface area contributed by atoms with Crippen molar-refractivity contribution in [2.75, 3.05) is 45.8 Å². The maximum Gasteiger partial charge on any atom is 0.413 e. The van der Waals surface area contributed by atoms with Gasteiger partial charge in [0, 0.05) is 31.3 Å². The number of rotatable bonds is 11. The van der Waals surface area contributed by atoms with Crippen LogP contribution >= 0.6 is 23.2 Å². The van der Waals surface area contributed by atoms with Gasteiger partial charge in [0.05, 0.1) is 34.6 Å². The Morgan fingerprint density at radius 3 is 2.73 bits per heavy atom. The van der Waals surface area contributed by atoms with Crippen molar-refractivity contribution in [2.45, 2.75) is 11.4 Å². The van der Waals surface area contributed by atoms with Gasteiger partial charge in [-0.05, 0) is 18.2 Å². The summed E-state index contributed by atoms with van der Waals surface area (Å²) in [6.45, 7) is 0.428. The predicted octanol–water partition coefficient (Wildman–Crippen LogP) is 2.87. The fourth-order valence-electron chi connectivity index (χ4n) is 3.46. The SMILES string of the molecule is CN(Cc1ccc(C2=NCCN2C(=O)O)cc1F)C(=O)COCCNCS(=O)(=O)c1cccc(Cl)c1Cl. The minimum atomic E-state index is -3.72. The van der Waals surface area contributed by atoms with Gasteiger partial charge in [0.15, 0.2) is 9.84 Å². The van der Waals surface area contributed by atoms with E-state index in [0.29, 0.717) is 12.1 Å². The van der Waals surface area contributed by atoms with Gasteiger partial charge in [-0.1, -0.05) is 41.4 Å². The van der Waals surface area contributed by atoms with Gasteiger partial charge in [-0.15, -0.1) is 0 Å². The van der Waals surface area contributed by atoms with E-state index in [1.807, 2.05) is 0 Å². The van der Waals surface area contributed by atoms with Gasteiger partial charge in [-0.3, -0.25) is 14.7 Å². The molecule has 0 aromatic heterocycles. The van der Waals surface area contributed by atoms with E-state index in [1.54, 1.807) is 6.07 Å². The fourth-order valence-corrected chi connectivity index (χ4v) is 5.41. The van der Waals surface area contributed by atoms with Crippen LogP contribution in [0.1, 0.15) is 11.1 Å². The Labute approximate surface area is 223 Å². The smallest absolute Gasteiger partial charge is 0.413 e. The van der Waals surface area contributed by atoms with Crippen molar-refractivity contribution < 1.29 is 32.2 Å². The molecule has 37 heavy (non-hydrogen) atoms. The van der Waals surface area contributed by atoms with Crippen molar-refractivity contribution in [3.63, 3.8) is 0 Å². The number of ether oxygens (including phenoxy) is 1. The van der Waals surface area contributed by atoms with E-state index in [-0.39, 0.29) is 59.2 Å². The van der Waals surface area contributed by atoms with Crippen molar-refractivity contribution in [1.82, 2.24) is 15.1 Å². The van der Waals surface area contributed by atoms with Crippen molar-refractivity contribution in [1.29, 1.82) is 0 Å². The second-order valence-electron chi connectivity index (χ2n) is 8.06. The number of likely N-dealkylation sites (N-methyl/N-ethyl adjacent to an activating group) is 1.